The molecule has 2 heteroatoms. The number of furan rings is 1. The molecule has 7 aliphatic carbocycles. The average molecular weight is 666 g/mol. The molecule has 0 N–H and O–H groups in total. The molecule has 4 bridgehead atoms. The highest BCUT2D eigenvalue weighted by atomic mass is 16.3. The molecule has 2 nitrogen and oxygen atoms in total. The SMILES string of the molecule is CC1(C)C2=C(CCC=C2)c2ccc(N(c3ccc(-c4ccc(C56CC7CC(CC(C7)C5)C6)cc4)cc3)c3ccc4c5c(oc4c3)C=CCC5)cc21. The van der Waals surface area contributed by atoms with Gasteiger partial charge in [-0.05, 0) is 169 Å². The van der Waals surface area contributed by atoms with E-state index in [-0.39, 0.29) is 5.41 Å². The number of aryl methyl sites for hydroxylation is 1. The Morgan fingerprint density at radius 2 is 1.27 bits per heavy atom. The lowest BCUT2D eigenvalue weighted by Gasteiger charge is -2.57. The third kappa shape index (κ3) is 4.61. The van der Waals surface area contributed by atoms with Crippen molar-refractivity contribution in [3.63, 3.8) is 0 Å². The van der Waals surface area contributed by atoms with Crippen LogP contribution in [0.5, 0.6) is 0 Å². The predicted octanol–water partition coefficient (Wildman–Crippen LogP) is 13.4. The van der Waals surface area contributed by atoms with Gasteiger partial charge in [-0.25, -0.2) is 0 Å². The highest BCUT2D eigenvalue weighted by Crippen LogP contribution is 2.61. The Morgan fingerprint density at radius 1 is 0.647 bits per heavy atom. The number of hydrogen-bond donors (Lipinski definition) is 0. The average Bonchev–Trinajstić information content (AvgIpc) is 3.63. The van der Waals surface area contributed by atoms with Crippen LogP contribution in [0.25, 0.3) is 33.7 Å². The van der Waals surface area contributed by atoms with Gasteiger partial charge in [0.1, 0.15) is 11.3 Å². The summed E-state index contributed by atoms with van der Waals surface area (Å²) in [5, 5.41) is 1.24. The molecular weight excluding hydrogens is 619 g/mol. The molecule has 7 aliphatic rings. The van der Waals surface area contributed by atoms with Crippen LogP contribution in [0.4, 0.5) is 17.1 Å². The largest absolute Gasteiger partial charge is 0.456 e. The van der Waals surface area contributed by atoms with E-state index in [2.05, 4.69) is 128 Å². The van der Waals surface area contributed by atoms with E-state index in [0.29, 0.717) is 5.41 Å². The van der Waals surface area contributed by atoms with Crippen molar-refractivity contribution < 1.29 is 4.42 Å². The topological polar surface area (TPSA) is 16.4 Å². The number of rotatable bonds is 5. The molecule has 0 saturated heterocycles. The molecule has 0 atom stereocenters. The van der Waals surface area contributed by atoms with Crippen molar-refractivity contribution >= 4 is 39.7 Å². The van der Waals surface area contributed by atoms with Crippen molar-refractivity contribution in [2.24, 2.45) is 17.8 Å². The van der Waals surface area contributed by atoms with Crippen molar-refractivity contribution in [1.29, 1.82) is 0 Å². The molecule has 0 aliphatic heterocycles. The zero-order valence-electron chi connectivity index (χ0n) is 30.1. The van der Waals surface area contributed by atoms with E-state index in [4.69, 9.17) is 4.42 Å². The summed E-state index contributed by atoms with van der Waals surface area (Å²) in [7, 11) is 0. The van der Waals surface area contributed by atoms with Crippen LogP contribution in [0.3, 0.4) is 0 Å². The summed E-state index contributed by atoms with van der Waals surface area (Å²) in [4.78, 5) is 2.43. The summed E-state index contributed by atoms with van der Waals surface area (Å²) in [6.07, 6.45) is 22.2. The van der Waals surface area contributed by atoms with E-state index < -0.39 is 0 Å². The molecular formula is C49H47NO. The van der Waals surface area contributed by atoms with E-state index in [1.165, 1.54) is 88.6 Å². The summed E-state index contributed by atoms with van der Waals surface area (Å²) < 4.78 is 6.46. The van der Waals surface area contributed by atoms with Gasteiger partial charge >= 0.3 is 0 Å². The smallest absolute Gasteiger partial charge is 0.137 e. The van der Waals surface area contributed by atoms with E-state index in [9.17, 15) is 0 Å². The molecule has 12 rings (SSSR count). The number of anilines is 3. The van der Waals surface area contributed by atoms with Crippen molar-refractivity contribution in [2.45, 2.75) is 88.9 Å². The van der Waals surface area contributed by atoms with Gasteiger partial charge in [-0.1, -0.05) is 74.5 Å². The van der Waals surface area contributed by atoms with Crippen molar-refractivity contribution in [3.05, 3.63) is 137 Å². The molecule has 4 aromatic carbocycles. The Bertz CT molecular complexity index is 2270. The van der Waals surface area contributed by atoms with E-state index in [0.717, 1.165) is 66.2 Å². The number of fused-ring (bicyclic) bond motifs is 5. The number of benzene rings is 4. The molecule has 254 valence electrons. The van der Waals surface area contributed by atoms with Crippen LogP contribution in [0, 0.1) is 17.8 Å². The fraction of sp³-hybridized carbons (Fsp3) is 0.347. The van der Waals surface area contributed by atoms with Gasteiger partial charge in [0.05, 0.1) is 0 Å². The minimum Gasteiger partial charge on any atom is -0.456 e. The Hall–Kier alpha value is -4.56. The first-order valence-corrected chi connectivity index (χ1v) is 19.7. The molecule has 5 aromatic rings. The summed E-state index contributed by atoms with van der Waals surface area (Å²) in [6, 6.07) is 33.0. The van der Waals surface area contributed by atoms with Crippen LogP contribution >= 0.6 is 0 Å². The summed E-state index contributed by atoms with van der Waals surface area (Å²) >= 11 is 0. The first-order valence-electron chi connectivity index (χ1n) is 19.7. The second kappa shape index (κ2) is 11.0. The van der Waals surface area contributed by atoms with Gasteiger partial charge in [-0.3, -0.25) is 0 Å². The minimum absolute atomic E-state index is 0.0220. The second-order valence-corrected chi connectivity index (χ2v) is 17.4. The first-order chi connectivity index (χ1) is 24.9. The van der Waals surface area contributed by atoms with Crippen molar-refractivity contribution in [1.82, 2.24) is 0 Å². The Kier molecular flexibility index (Phi) is 6.48. The van der Waals surface area contributed by atoms with Crippen LogP contribution in [-0.4, -0.2) is 0 Å². The molecule has 1 heterocycles. The molecule has 0 amide bonds. The van der Waals surface area contributed by atoms with Crippen LogP contribution in [0.15, 0.2) is 113 Å². The van der Waals surface area contributed by atoms with Crippen molar-refractivity contribution in [3.8, 4) is 11.1 Å². The van der Waals surface area contributed by atoms with Gasteiger partial charge in [0, 0.05) is 39.5 Å². The molecule has 51 heavy (non-hydrogen) atoms. The number of allylic oxidation sites excluding steroid dienone is 5. The summed E-state index contributed by atoms with van der Waals surface area (Å²) in [5.41, 5.74) is 16.3. The highest BCUT2D eigenvalue weighted by molar-refractivity contribution is 5.92. The number of hydrogen-bond acceptors (Lipinski definition) is 2. The molecule has 0 unspecified atom stereocenters. The monoisotopic (exact) mass is 665 g/mol. The third-order valence-electron chi connectivity index (χ3n) is 14.0. The summed E-state index contributed by atoms with van der Waals surface area (Å²) in [6.45, 7) is 4.79. The lowest BCUT2D eigenvalue weighted by Crippen LogP contribution is -2.48. The Balaban J connectivity index is 0.966. The fourth-order valence-corrected chi connectivity index (χ4v) is 12.0. The summed E-state index contributed by atoms with van der Waals surface area (Å²) in [5.74, 6) is 3.93. The van der Waals surface area contributed by atoms with Gasteiger partial charge in [-0.2, -0.15) is 0 Å². The van der Waals surface area contributed by atoms with Gasteiger partial charge in [0.25, 0.3) is 0 Å². The van der Waals surface area contributed by atoms with E-state index in [1.807, 2.05) is 0 Å². The fourth-order valence-electron chi connectivity index (χ4n) is 12.0. The molecule has 4 fully saturated rings. The molecule has 1 aromatic heterocycles. The van der Waals surface area contributed by atoms with E-state index in [1.54, 1.807) is 5.56 Å². The number of nitrogens with zero attached hydrogens (tertiary/aromatic N) is 1. The zero-order chi connectivity index (χ0) is 33.9. The molecule has 4 saturated carbocycles. The Morgan fingerprint density at radius 3 is 2.02 bits per heavy atom. The lowest BCUT2D eigenvalue weighted by molar-refractivity contribution is -0.00518. The standard InChI is InChI=1S/C49H47NO/c1-48(2)44-9-5-3-7-40(44)41-21-19-38(26-45(41)48)50(39-20-22-43-42-8-4-6-10-46(42)51-47(43)27-39)37-17-13-35(14-18-37)34-11-15-36(16-12-34)49-28-31-23-32(29-49)25-33(24-31)30-49/h5-6,9-22,26-27,31-33H,3-4,7-8,23-25,28-30H2,1-2H3. The van der Waals surface area contributed by atoms with Gasteiger partial charge in [0.15, 0.2) is 0 Å². The molecule has 0 spiro atoms. The molecule has 0 radical (unpaired) electrons. The van der Waals surface area contributed by atoms with Crippen LogP contribution in [-0.2, 0) is 17.3 Å². The highest BCUT2D eigenvalue weighted by Gasteiger charge is 2.51. The second-order valence-electron chi connectivity index (χ2n) is 17.4. The normalized spacial score (nSPS) is 26.4. The van der Waals surface area contributed by atoms with Gasteiger partial charge < -0.3 is 9.32 Å². The van der Waals surface area contributed by atoms with Gasteiger partial charge in [-0.15, -0.1) is 0 Å². The van der Waals surface area contributed by atoms with Crippen LogP contribution in [0.1, 0.15) is 99.6 Å². The maximum atomic E-state index is 6.46. The maximum absolute atomic E-state index is 6.46. The van der Waals surface area contributed by atoms with Crippen LogP contribution < -0.4 is 4.90 Å². The van der Waals surface area contributed by atoms with Crippen LogP contribution in [0.2, 0.25) is 0 Å². The third-order valence-corrected chi connectivity index (χ3v) is 14.0. The quantitative estimate of drug-likeness (QED) is 0.186. The van der Waals surface area contributed by atoms with Crippen molar-refractivity contribution in [2.75, 3.05) is 4.90 Å². The van der Waals surface area contributed by atoms with E-state index >= 15 is 0 Å². The maximum Gasteiger partial charge on any atom is 0.137 e. The predicted molar refractivity (Wildman–Crippen MR) is 212 cm³/mol. The first kappa shape index (κ1) is 30.1. The lowest BCUT2D eigenvalue weighted by atomic mass is 9.48. The van der Waals surface area contributed by atoms with Gasteiger partial charge in [0.2, 0.25) is 0 Å². The Labute approximate surface area is 302 Å². The minimum atomic E-state index is -0.0220. The zero-order valence-corrected chi connectivity index (χ0v) is 30.1.